The van der Waals surface area contributed by atoms with E-state index in [2.05, 4.69) is 16.4 Å². The number of aromatic nitrogens is 1. The lowest BCUT2D eigenvalue weighted by Gasteiger charge is -2.05. The van der Waals surface area contributed by atoms with E-state index in [4.69, 9.17) is 0 Å². The molecule has 0 saturated heterocycles. The van der Waals surface area contributed by atoms with Crippen molar-refractivity contribution in [2.24, 2.45) is 0 Å². The molecule has 1 aromatic carbocycles. The average molecular weight is 246 g/mol. The van der Waals surface area contributed by atoms with E-state index in [1.807, 2.05) is 30.5 Å². The van der Waals surface area contributed by atoms with Gasteiger partial charge in [-0.25, -0.2) is 4.98 Å². The third kappa shape index (κ3) is 3.67. The molecule has 4 heteroatoms. The van der Waals surface area contributed by atoms with Gasteiger partial charge < -0.3 is 5.32 Å². The van der Waals surface area contributed by atoms with Gasteiger partial charge in [0.1, 0.15) is 0 Å². The number of rotatable bonds is 4. The van der Waals surface area contributed by atoms with Crippen molar-refractivity contribution in [3.05, 3.63) is 52.0 Å². The van der Waals surface area contributed by atoms with Crippen molar-refractivity contribution < 1.29 is 4.79 Å². The summed E-state index contributed by atoms with van der Waals surface area (Å²) < 4.78 is 0. The Morgan fingerprint density at radius 3 is 3.06 bits per heavy atom. The molecule has 0 bridgehead atoms. The van der Waals surface area contributed by atoms with E-state index in [0.29, 0.717) is 13.0 Å². The fourth-order valence-corrected chi connectivity index (χ4v) is 2.13. The Bertz CT molecular complexity index is 494. The molecular weight excluding hydrogens is 232 g/mol. The fourth-order valence-electron chi connectivity index (χ4n) is 1.57. The number of nitrogens with zero attached hydrogens (tertiary/aromatic N) is 1. The minimum Gasteiger partial charge on any atom is -0.352 e. The molecule has 0 radical (unpaired) electrons. The Labute approximate surface area is 105 Å². The third-order valence-electron chi connectivity index (χ3n) is 2.40. The summed E-state index contributed by atoms with van der Waals surface area (Å²) in [6.07, 6.45) is 0.356. The summed E-state index contributed by atoms with van der Waals surface area (Å²) in [6, 6.07) is 8.12. The van der Waals surface area contributed by atoms with Crippen LogP contribution in [0.25, 0.3) is 0 Å². The normalized spacial score (nSPS) is 10.2. The number of hydrogen-bond acceptors (Lipinski definition) is 3. The Hall–Kier alpha value is -1.68. The van der Waals surface area contributed by atoms with E-state index in [1.54, 1.807) is 5.51 Å². The van der Waals surface area contributed by atoms with Gasteiger partial charge in [0, 0.05) is 11.9 Å². The molecule has 2 rings (SSSR count). The number of hydrogen-bond donors (Lipinski definition) is 1. The number of aryl methyl sites for hydroxylation is 1. The summed E-state index contributed by atoms with van der Waals surface area (Å²) in [7, 11) is 0. The Morgan fingerprint density at radius 1 is 1.47 bits per heavy atom. The highest BCUT2D eigenvalue weighted by atomic mass is 32.1. The largest absolute Gasteiger partial charge is 0.352 e. The van der Waals surface area contributed by atoms with Crippen LogP contribution in [0, 0.1) is 6.92 Å². The number of carbonyl (C=O) groups excluding carboxylic acids is 1. The van der Waals surface area contributed by atoms with E-state index in [0.717, 1.165) is 11.3 Å². The summed E-state index contributed by atoms with van der Waals surface area (Å²) in [5.74, 6) is 0.0115. The average Bonchev–Trinajstić information content (AvgIpc) is 2.79. The van der Waals surface area contributed by atoms with E-state index in [1.165, 1.54) is 16.9 Å². The van der Waals surface area contributed by atoms with E-state index < -0.39 is 0 Å². The van der Waals surface area contributed by atoms with Gasteiger partial charge in [0.15, 0.2) is 0 Å². The van der Waals surface area contributed by atoms with Gasteiger partial charge in [-0.2, -0.15) is 0 Å². The molecule has 0 atom stereocenters. The van der Waals surface area contributed by atoms with Gasteiger partial charge in [-0.15, -0.1) is 11.3 Å². The molecule has 0 saturated carbocycles. The van der Waals surface area contributed by atoms with Crippen LogP contribution in [0.2, 0.25) is 0 Å². The number of amides is 1. The molecule has 17 heavy (non-hydrogen) atoms. The quantitative estimate of drug-likeness (QED) is 0.899. The zero-order chi connectivity index (χ0) is 12.1. The first-order valence-electron chi connectivity index (χ1n) is 5.43. The second-order valence-electron chi connectivity index (χ2n) is 3.92. The third-order valence-corrected chi connectivity index (χ3v) is 3.03. The summed E-state index contributed by atoms with van der Waals surface area (Å²) in [4.78, 5) is 15.7. The highest BCUT2D eigenvalue weighted by molar-refractivity contribution is 7.07. The second-order valence-corrected chi connectivity index (χ2v) is 4.64. The number of nitrogens with one attached hydrogen (secondary N) is 1. The van der Waals surface area contributed by atoms with E-state index in [9.17, 15) is 4.79 Å². The maximum atomic E-state index is 11.6. The van der Waals surface area contributed by atoms with Gasteiger partial charge in [0.2, 0.25) is 5.91 Å². The van der Waals surface area contributed by atoms with Crippen LogP contribution in [-0.2, 0) is 17.8 Å². The van der Waals surface area contributed by atoms with E-state index >= 15 is 0 Å². The van der Waals surface area contributed by atoms with Gasteiger partial charge in [-0.1, -0.05) is 29.8 Å². The predicted molar refractivity (Wildman–Crippen MR) is 68.8 cm³/mol. The van der Waals surface area contributed by atoms with Crippen molar-refractivity contribution in [2.45, 2.75) is 19.9 Å². The lowest BCUT2D eigenvalue weighted by Crippen LogP contribution is -2.24. The minimum atomic E-state index is 0.0115. The summed E-state index contributed by atoms with van der Waals surface area (Å²) in [5.41, 5.74) is 4.90. The maximum absolute atomic E-state index is 11.6. The minimum absolute atomic E-state index is 0.0115. The van der Waals surface area contributed by atoms with Gasteiger partial charge in [-0.05, 0) is 12.5 Å². The molecule has 1 N–H and O–H groups in total. The first-order valence-corrected chi connectivity index (χ1v) is 6.37. The predicted octanol–water partition coefficient (Wildman–Crippen LogP) is 2.31. The Morgan fingerprint density at radius 2 is 2.35 bits per heavy atom. The Balaban J connectivity index is 1.84. The molecule has 0 aliphatic heterocycles. The first-order chi connectivity index (χ1) is 8.24. The smallest absolute Gasteiger partial charge is 0.226 e. The van der Waals surface area contributed by atoms with Crippen LogP contribution in [0.5, 0.6) is 0 Å². The number of thiazole rings is 1. The van der Waals surface area contributed by atoms with Gasteiger partial charge >= 0.3 is 0 Å². The molecule has 0 fully saturated rings. The highest BCUT2D eigenvalue weighted by Gasteiger charge is 2.04. The summed E-state index contributed by atoms with van der Waals surface area (Å²) in [5, 5.41) is 4.79. The number of benzene rings is 1. The van der Waals surface area contributed by atoms with Crippen LogP contribution in [0.1, 0.15) is 16.8 Å². The van der Waals surface area contributed by atoms with Crippen molar-refractivity contribution in [3.63, 3.8) is 0 Å². The van der Waals surface area contributed by atoms with Crippen LogP contribution in [0.3, 0.4) is 0 Å². The van der Waals surface area contributed by atoms with Crippen molar-refractivity contribution in [2.75, 3.05) is 0 Å². The van der Waals surface area contributed by atoms with Crippen LogP contribution in [-0.4, -0.2) is 10.9 Å². The molecular formula is C13H14N2OS. The SMILES string of the molecule is Cc1cccc(CNC(=O)Cc2cscn2)c1. The van der Waals surface area contributed by atoms with E-state index in [-0.39, 0.29) is 5.91 Å². The van der Waals surface area contributed by atoms with Crippen molar-refractivity contribution in [3.8, 4) is 0 Å². The molecule has 0 aliphatic carbocycles. The molecule has 0 unspecified atom stereocenters. The maximum Gasteiger partial charge on any atom is 0.226 e. The molecule has 0 spiro atoms. The molecule has 1 aromatic heterocycles. The Kier molecular flexibility index (Phi) is 3.88. The molecule has 88 valence electrons. The van der Waals surface area contributed by atoms with Crippen LogP contribution < -0.4 is 5.32 Å². The van der Waals surface area contributed by atoms with Crippen LogP contribution >= 0.6 is 11.3 Å². The van der Waals surface area contributed by atoms with Gasteiger partial charge in [0.25, 0.3) is 0 Å². The highest BCUT2D eigenvalue weighted by Crippen LogP contribution is 2.04. The van der Waals surface area contributed by atoms with Crippen LogP contribution in [0.4, 0.5) is 0 Å². The molecule has 2 aromatic rings. The van der Waals surface area contributed by atoms with Crippen molar-refractivity contribution in [1.29, 1.82) is 0 Å². The molecule has 1 heterocycles. The zero-order valence-corrected chi connectivity index (χ0v) is 10.5. The molecule has 3 nitrogen and oxygen atoms in total. The second kappa shape index (κ2) is 5.59. The molecule has 1 amide bonds. The topological polar surface area (TPSA) is 42.0 Å². The van der Waals surface area contributed by atoms with Crippen LogP contribution in [0.15, 0.2) is 35.2 Å². The lowest BCUT2D eigenvalue weighted by molar-refractivity contribution is -0.120. The van der Waals surface area contributed by atoms with Gasteiger partial charge in [0.05, 0.1) is 17.6 Å². The van der Waals surface area contributed by atoms with Gasteiger partial charge in [-0.3, -0.25) is 4.79 Å². The standard InChI is InChI=1S/C13H14N2OS/c1-10-3-2-4-11(5-10)7-14-13(16)6-12-8-17-9-15-12/h2-5,8-9H,6-7H2,1H3,(H,14,16). The monoisotopic (exact) mass is 246 g/mol. The first kappa shape index (κ1) is 11.8. The summed E-state index contributed by atoms with van der Waals surface area (Å²) >= 11 is 1.51. The fraction of sp³-hybridized carbons (Fsp3) is 0.231. The van der Waals surface area contributed by atoms with Crippen molar-refractivity contribution in [1.82, 2.24) is 10.3 Å². The lowest BCUT2D eigenvalue weighted by atomic mass is 10.1. The van der Waals surface area contributed by atoms with Crippen molar-refractivity contribution >= 4 is 17.2 Å². The zero-order valence-electron chi connectivity index (χ0n) is 9.64. The molecule has 0 aliphatic rings. The number of carbonyl (C=O) groups is 1. The summed E-state index contributed by atoms with van der Waals surface area (Å²) in [6.45, 7) is 2.62.